The Balaban J connectivity index is 1.55. The summed E-state index contributed by atoms with van der Waals surface area (Å²) in [7, 11) is 0. The van der Waals surface area contributed by atoms with Crippen molar-refractivity contribution in [3.63, 3.8) is 0 Å². The molecule has 0 atom stereocenters. The number of fused-ring (bicyclic) bond motifs is 1. The number of ketones is 1. The van der Waals surface area contributed by atoms with E-state index in [4.69, 9.17) is 23.2 Å². The van der Waals surface area contributed by atoms with Gasteiger partial charge in [-0.25, -0.2) is 0 Å². The van der Waals surface area contributed by atoms with Gasteiger partial charge in [-0.15, -0.1) is 23.2 Å². The van der Waals surface area contributed by atoms with Gasteiger partial charge in [0.25, 0.3) is 0 Å². The summed E-state index contributed by atoms with van der Waals surface area (Å²) in [5.41, 5.74) is 3.09. The molecule has 39 heavy (non-hydrogen) atoms. The lowest BCUT2D eigenvalue weighted by atomic mass is 10.0. The van der Waals surface area contributed by atoms with E-state index in [0.29, 0.717) is 41.5 Å². The minimum atomic E-state index is -1.53. The first-order valence-corrected chi connectivity index (χ1v) is 13.6. The number of aromatic nitrogens is 1. The summed E-state index contributed by atoms with van der Waals surface area (Å²) in [4.78, 5) is 39.5. The van der Waals surface area contributed by atoms with Crippen molar-refractivity contribution in [2.24, 2.45) is 0 Å². The Kier molecular flexibility index (Phi) is 8.94. The van der Waals surface area contributed by atoms with Gasteiger partial charge in [0, 0.05) is 70.7 Å². The van der Waals surface area contributed by atoms with Crippen LogP contribution in [0.4, 0.5) is 17.1 Å². The van der Waals surface area contributed by atoms with E-state index in [9.17, 15) is 19.5 Å². The number of carbonyl (C=O) groups is 2. The van der Waals surface area contributed by atoms with Crippen LogP contribution in [0.3, 0.4) is 0 Å². The summed E-state index contributed by atoms with van der Waals surface area (Å²) >= 11 is 11.8. The zero-order valence-corrected chi connectivity index (χ0v) is 23.1. The molecule has 7 nitrogen and oxygen atoms in total. The van der Waals surface area contributed by atoms with Crippen molar-refractivity contribution in [3.8, 4) is 0 Å². The maximum Gasteiger partial charge on any atom is 0.198 e. The number of carboxylic acids is 1. The summed E-state index contributed by atoms with van der Waals surface area (Å²) < 4.78 is 1.67. The molecule has 4 rings (SSSR count). The first-order valence-electron chi connectivity index (χ1n) is 12.5. The fourth-order valence-corrected chi connectivity index (χ4v) is 4.84. The van der Waals surface area contributed by atoms with E-state index < -0.39 is 17.0 Å². The minimum absolute atomic E-state index is 0.139. The molecule has 0 saturated carbocycles. The lowest BCUT2D eigenvalue weighted by Crippen LogP contribution is -2.30. The summed E-state index contributed by atoms with van der Waals surface area (Å²) in [5, 5.41) is 15.0. The van der Waals surface area contributed by atoms with Gasteiger partial charge in [-0.3, -0.25) is 9.59 Å². The van der Waals surface area contributed by atoms with Gasteiger partial charge < -0.3 is 24.7 Å². The molecule has 202 valence electrons. The molecule has 4 aromatic rings. The average Bonchev–Trinajstić information content (AvgIpc) is 2.93. The van der Waals surface area contributed by atoms with E-state index in [2.05, 4.69) is 10.2 Å². The number of benzene rings is 3. The average molecular weight is 565 g/mol. The molecule has 0 spiro atoms. The number of rotatable bonds is 11. The summed E-state index contributed by atoms with van der Waals surface area (Å²) in [6.45, 7) is 5.16. The van der Waals surface area contributed by atoms with Gasteiger partial charge in [-0.2, -0.15) is 0 Å². The number of nitrogens with zero attached hydrogens (tertiary/aromatic N) is 2. The number of pyridine rings is 1. The molecular formula is C30H28Cl2N3O4-. The number of halogens is 2. The van der Waals surface area contributed by atoms with Gasteiger partial charge in [0.15, 0.2) is 11.2 Å². The van der Waals surface area contributed by atoms with Crippen LogP contribution in [-0.4, -0.2) is 41.2 Å². The topological polar surface area (TPSA) is 94.5 Å². The normalized spacial score (nSPS) is 11.1. The monoisotopic (exact) mass is 564 g/mol. The number of carbonyl (C=O) groups excluding carboxylic acids is 2. The number of nitrogens with one attached hydrogen (secondary N) is 1. The first kappa shape index (κ1) is 28.2. The second-order valence-corrected chi connectivity index (χ2v) is 10.1. The molecule has 0 aliphatic carbocycles. The van der Waals surface area contributed by atoms with Crippen LogP contribution in [0, 0.1) is 0 Å². The third-order valence-corrected chi connectivity index (χ3v) is 6.79. The number of hydrogen-bond acceptors (Lipinski definition) is 6. The largest absolute Gasteiger partial charge is 0.545 e. The molecule has 0 unspecified atom stereocenters. The molecule has 0 aliphatic rings. The van der Waals surface area contributed by atoms with Crippen molar-refractivity contribution < 1.29 is 14.7 Å². The van der Waals surface area contributed by atoms with Gasteiger partial charge in [-0.05, 0) is 74.5 Å². The number of anilines is 3. The molecule has 1 heterocycles. The highest BCUT2D eigenvalue weighted by Gasteiger charge is 2.16. The third-order valence-electron chi connectivity index (χ3n) is 6.45. The van der Waals surface area contributed by atoms with E-state index >= 15 is 0 Å². The fourth-order valence-electron chi connectivity index (χ4n) is 4.43. The Morgan fingerprint density at radius 3 is 2.00 bits per heavy atom. The zero-order chi connectivity index (χ0) is 28.1. The molecular weight excluding hydrogens is 537 g/mol. The van der Waals surface area contributed by atoms with E-state index in [1.165, 1.54) is 12.3 Å². The predicted molar refractivity (Wildman–Crippen MR) is 156 cm³/mol. The van der Waals surface area contributed by atoms with Crippen LogP contribution in [0.15, 0.2) is 77.7 Å². The molecule has 0 amide bonds. The standard InChI is InChI=1S/C30H29Cl2N3O4/c1-19(2)35-18-26(30(38)39)29(37)25-12-5-21(17-27(25)35)28(36)20-3-6-22(7-4-20)33-23-8-10-24(11-9-23)34(15-13-31)16-14-32/h3-12,17-19,33H,13-16H2,1-2H3,(H,38,39)/p-1. The molecule has 9 heteroatoms. The second-order valence-electron chi connectivity index (χ2n) is 9.34. The van der Waals surface area contributed by atoms with Crippen LogP contribution in [-0.2, 0) is 0 Å². The molecule has 0 radical (unpaired) electrons. The van der Waals surface area contributed by atoms with Crippen LogP contribution in [0.2, 0.25) is 0 Å². The second kappa shape index (κ2) is 12.4. The zero-order valence-electron chi connectivity index (χ0n) is 21.6. The highest BCUT2D eigenvalue weighted by molar-refractivity contribution is 6.18. The van der Waals surface area contributed by atoms with E-state index in [1.807, 2.05) is 50.2 Å². The van der Waals surface area contributed by atoms with Crippen molar-refractivity contribution >= 4 is 62.9 Å². The van der Waals surface area contributed by atoms with Gasteiger partial charge in [0.2, 0.25) is 0 Å². The molecule has 1 N–H and O–H groups in total. The van der Waals surface area contributed by atoms with Crippen LogP contribution in [0.25, 0.3) is 10.9 Å². The van der Waals surface area contributed by atoms with Gasteiger partial charge in [0.05, 0.1) is 17.0 Å². The van der Waals surface area contributed by atoms with E-state index in [0.717, 1.165) is 17.1 Å². The Bertz CT molecular complexity index is 1540. The summed E-state index contributed by atoms with van der Waals surface area (Å²) in [6, 6.07) is 19.6. The number of carboxylic acid groups (broad SMARTS) is 1. The highest BCUT2D eigenvalue weighted by Crippen LogP contribution is 2.24. The molecule has 0 bridgehead atoms. The van der Waals surface area contributed by atoms with Gasteiger partial charge >= 0.3 is 0 Å². The molecule has 0 aliphatic heterocycles. The summed E-state index contributed by atoms with van der Waals surface area (Å²) in [6.07, 6.45) is 1.28. The lowest BCUT2D eigenvalue weighted by molar-refractivity contribution is -0.255. The first-order chi connectivity index (χ1) is 18.7. The highest BCUT2D eigenvalue weighted by atomic mass is 35.5. The lowest BCUT2D eigenvalue weighted by Gasteiger charge is -2.23. The van der Waals surface area contributed by atoms with Gasteiger partial charge in [0.1, 0.15) is 0 Å². The van der Waals surface area contributed by atoms with Crippen LogP contribution in [0.1, 0.15) is 46.2 Å². The molecule has 1 aromatic heterocycles. The third kappa shape index (κ3) is 6.27. The molecule has 0 fully saturated rings. The van der Waals surface area contributed by atoms with Crippen LogP contribution < -0.4 is 20.8 Å². The molecule has 0 saturated heterocycles. The minimum Gasteiger partial charge on any atom is -0.545 e. The van der Waals surface area contributed by atoms with Crippen molar-refractivity contribution in [3.05, 3.63) is 99.8 Å². The maximum atomic E-state index is 13.3. The maximum absolute atomic E-state index is 13.3. The van der Waals surface area contributed by atoms with Crippen molar-refractivity contribution in [1.29, 1.82) is 0 Å². The Morgan fingerprint density at radius 2 is 1.46 bits per heavy atom. The van der Waals surface area contributed by atoms with Gasteiger partial charge in [-0.1, -0.05) is 6.07 Å². The number of aromatic carboxylic acids is 1. The smallest absolute Gasteiger partial charge is 0.198 e. The number of alkyl halides is 2. The van der Waals surface area contributed by atoms with E-state index in [-0.39, 0.29) is 17.2 Å². The predicted octanol–water partition coefficient (Wildman–Crippen LogP) is 5.20. The van der Waals surface area contributed by atoms with Crippen LogP contribution >= 0.6 is 23.2 Å². The number of hydrogen-bond donors (Lipinski definition) is 1. The Labute approximate surface area is 236 Å². The Hall–Kier alpha value is -3.81. The molecule has 3 aromatic carbocycles. The van der Waals surface area contributed by atoms with E-state index in [1.54, 1.807) is 28.8 Å². The SMILES string of the molecule is CC(C)n1cc(C(=O)[O-])c(=O)c2ccc(C(=O)c3ccc(Nc4ccc(N(CCCl)CCCl)cc4)cc3)cc21. The quantitative estimate of drug-likeness (QED) is 0.198. The summed E-state index contributed by atoms with van der Waals surface area (Å²) in [5.74, 6) is -0.705. The fraction of sp³-hybridized carbons (Fsp3) is 0.233. The van der Waals surface area contributed by atoms with Crippen molar-refractivity contribution in [2.75, 3.05) is 35.1 Å². The Morgan fingerprint density at radius 1 is 0.897 bits per heavy atom. The van der Waals surface area contributed by atoms with Crippen LogP contribution in [0.5, 0.6) is 0 Å². The van der Waals surface area contributed by atoms with Crippen molar-refractivity contribution in [2.45, 2.75) is 19.9 Å². The van der Waals surface area contributed by atoms with Crippen molar-refractivity contribution in [1.82, 2.24) is 4.57 Å².